The smallest absolute Gasteiger partial charge is 0.193 e. The molecule has 5 heteroatoms. The minimum absolute atomic E-state index is 0.162. The largest absolute Gasteiger partial charge is 0.410 e. The topological polar surface area (TPSA) is 45.5 Å². The van der Waals surface area contributed by atoms with Gasteiger partial charge in [0.1, 0.15) is 11.5 Å². The van der Waals surface area contributed by atoms with Gasteiger partial charge in [-0.2, -0.15) is 0 Å². The average molecular weight is 175 g/mol. The molecule has 0 saturated heterocycles. The number of pyridine rings is 1. The van der Waals surface area contributed by atoms with Gasteiger partial charge >= 0.3 is 0 Å². The van der Waals surface area contributed by atoms with Gasteiger partial charge in [-0.1, -0.05) is 16.8 Å². The minimum Gasteiger partial charge on any atom is -0.410 e. The van der Waals surface area contributed by atoms with Gasteiger partial charge in [0.05, 0.1) is 6.20 Å². The van der Waals surface area contributed by atoms with Crippen molar-refractivity contribution in [1.82, 2.24) is 4.98 Å². The van der Waals surface area contributed by atoms with Gasteiger partial charge in [0.25, 0.3) is 0 Å². The van der Waals surface area contributed by atoms with E-state index in [-0.39, 0.29) is 10.9 Å². The Bertz CT molecular complexity index is 272. The molecule has 3 nitrogen and oxygen atoms in total. The summed E-state index contributed by atoms with van der Waals surface area (Å²) in [5.74, 6) is -0.462. The molecule has 1 rings (SSSR count). The van der Waals surface area contributed by atoms with Crippen LogP contribution < -0.4 is 0 Å². The molecule has 1 heterocycles. The second-order valence-electron chi connectivity index (χ2n) is 1.75. The van der Waals surface area contributed by atoms with Crippen molar-refractivity contribution in [3.8, 4) is 0 Å². The molecule has 0 amide bonds. The molecule has 0 bridgehead atoms. The summed E-state index contributed by atoms with van der Waals surface area (Å²) in [6.45, 7) is 0. The molecule has 0 aliphatic rings. The summed E-state index contributed by atoms with van der Waals surface area (Å²) in [5, 5.41) is 10.7. The van der Waals surface area contributed by atoms with Crippen molar-refractivity contribution < 1.29 is 9.60 Å². The summed E-state index contributed by atoms with van der Waals surface area (Å²) >= 11 is 5.36. The zero-order valence-corrected chi connectivity index (χ0v) is 6.09. The van der Waals surface area contributed by atoms with Gasteiger partial charge in [-0.3, -0.25) is 4.98 Å². The van der Waals surface area contributed by atoms with Crippen molar-refractivity contribution in [2.45, 2.75) is 0 Å². The molecule has 0 aliphatic heterocycles. The van der Waals surface area contributed by atoms with E-state index in [4.69, 9.17) is 16.8 Å². The first kappa shape index (κ1) is 7.94. The van der Waals surface area contributed by atoms with Crippen LogP contribution in [0.15, 0.2) is 23.5 Å². The fraction of sp³-hybridized carbons (Fsp3) is 0. The molecule has 58 valence electrons. The summed E-state index contributed by atoms with van der Waals surface area (Å²) in [5.41, 5.74) is 0.232. The number of aromatic nitrogens is 1. The van der Waals surface area contributed by atoms with Crippen LogP contribution >= 0.6 is 11.6 Å². The van der Waals surface area contributed by atoms with Crippen LogP contribution in [0.25, 0.3) is 0 Å². The van der Waals surface area contributed by atoms with Crippen LogP contribution in [0.3, 0.4) is 0 Å². The summed E-state index contributed by atoms with van der Waals surface area (Å²) in [6, 6.07) is 2.49. The number of nitrogens with zero attached hydrogens (tertiary/aromatic N) is 2. The van der Waals surface area contributed by atoms with Gasteiger partial charge in [0, 0.05) is 0 Å². The lowest BCUT2D eigenvalue weighted by atomic mass is 10.4. The lowest BCUT2D eigenvalue weighted by Gasteiger charge is -1.92. The fourth-order valence-electron chi connectivity index (χ4n) is 0.549. The predicted octanol–water partition coefficient (Wildman–Crippen LogP) is 1.60. The molecule has 0 saturated carbocycles. The van der Waals surface area contributed by atoms with Crippen molar-refractivity contribution in [3.05, 3.63) is 29.8 Å². The highest BCUT2D eigenvalue weighted by Gasteiger charge is 2.00. The standard InChI is InChI=1S/C6H4ClFN2O/c7-6(10-11)5-2-1-4(8)3-9-5/h1-3,11H. The normalized spacial score (nSPS) is 11.6. The highest BCUT2D eigenvalue weighted by molar-refractivity contribution is 6.69. The first-order valence-electron chi connectivity index (χ1n) is 2.73. The van der Waals surface area contributed by atoms with Crippen LogP contribution in [0, 0.1) is 5.82 Å². The quantitative estimate of drug-likeness (QED) is 0.399. The molecule has 0 unspecified atom stereocenters. The van der Waals surface area contributed by atoms with E-state index in [1.54, 1.807) is 0 Å². The van der Waals surface area contributed by atoms with E-state index in [0.717, 1.165) is 6.20 Å². The molecule has 0 atom stereocenters. The van der Waals surface area contributed by atoms with E-state index in [0.29, 0.717) is 0 Å². The zero-order valence-electron chi connectivity index (χ0n) is 5.33. The molecule has 0 radical (unpaired) electrons. The van der Waals surface area contributed by atoms with Crippen LogP contribution in [-0.4, -0.2) is 15.4 Å². The lowest BCUT2D eigenvalue weighted by molar-refractivity contribution is 0.320. The van der Waals surface area contributed by atoms with Crippen molar-refractivity contribution in [1.29, 1.82) is 0 Å². The third-order valence-corrected chi connectivity index (χ3v) is 1.30. The van der Waals surface area contributed by atoms with Gasteiger partial charge < -0.3 is 5.21 Å². The van der Waals surface area contributed by atoms with Gasteiger partial charge in [-0.25, -0.2) is 4.39 Å². The molecule has 0 spiro atoms. The van der Waals surface area contributed by atoms with Crippen molar-refractivity contribution >= 4 is 16.8 Å². The van der Waals surface area contributed by atoms with E-state index in [1.165, 1.54) is 12.1 Å². The van der Waals surface area contributed by atoms with Crippen LogP contribution in [0.1, 0.15) is 5.69 Å². The maximum absolute atomic E-state index is 12.2. The SMILES string of the molecule is ON=C(Cl)c1ccc(F)cn1. The van der Waals surface area contributed by atoms with Gasteiger partial charge in [-0.15, -0.1) is 0 Å². The first-order chi connectivity index (χ1) is 5.24. The molecule has 0 aliphatic carbocycles. The van der Waals surface area contributed by atoms with E-state index < -0.39 is 5.82 Å². The lowest BCUT2D eigenvalue weighted by Crippen LogP contribution is -1.94. The molecule has 1 N–H and O–H groups in total. The van der Waals surface area contributed by atoms with E-state index >= 15 is 0 Å². The maximum Gasteiger partial charge on any atom is 0.193 e. The van der Waals surface area contributed by atoms with Crippen LogP contribution in [0.5, 0.6) is 0 Å². The number of hydrogen-bond acceptors (Lipinski definition) is 3. The summed E-state index contributed by atoms with van der Waals surface area (Å²) in [7, 11) is 0. The third-order valence-electron chi connectivity index (χ3n) is 1.03. The summed E-state index contributed by atoms with van der Waals surface area (Å²) in [4.78, 5) is 3.55. The molecule has 0 fully saturated rings. The monoisotopic (exact) mass is 174 g/mol. The number of hydrogen-bond donors (Lipinski definition) is 1. The van der Waals surface area contributed by atoms with Gasteiger partial charge in [-0.05, 0) is 12.1 Å². The molecule has 11 heavy (non-hydrogen) atoms. The Hall–Kier alpha value is -1.16. The third kappa shape index (κ3) is 1.88. The Kier molecular flexibility index (Phi) is 2.38. The Morgan fingerprint density at radius 1 is 1.64 bits per heavy atom. The highest BCUT2D eigenvalue weighted by atomic mass is 35.5. The summed E-state index contributed by atoms with van der Waals surface area (Å²) in [6.07, 6.45) is 0.989. The van der Waals surface area contributed by atoms with E-state index in [1.807, 2.05) is 0 Å². The van der Waals surface area contributed by atoms with Crippen LogP contribution in [-0.2, 0) is 0 Å². The number of halogens is 2. The Balaban J connectivity index is 2.99. The Labute approximate surface area is 67.1 Å². The fourth-order valence-corrected chi connectivity index (χ4v) is 0.661. The zero-order chi connectivity index (χ0) is 8.27. The number of oxime groups is 1. The van der Waals surface area contributed by atoms with Gasteiger partial charge in [0.2, 0.25) is 0 Å². The van der Waals surface area contributed by atoms with Crippen molar-refractivity contribution in [2.75, 3.05) is 0 Å². The highest BCUT2D eigenvalue weighted by Crippen LogP contribution is 2.02. The molecule has 1 aromatic rings. The average Bonchev–Trinajstić information content (AvgIpc) is 2.05. The molecular formula is C6H4ClFN2O. The first-order valence-corrected chi connectivity index (χ1v) is 3.11. The van der Waals surface area contributed by atoms with E-state index in [9.17, 15) is 4.39 Å². The Morgan fingerprint density at radius 3 is 2.82 bits per heavy atom. The second kappa shape index (κ2) is 3.30. The van der Waals surface area contributed by atoms with Crippen LogP contribution in [0.4, 0.5) is 4.39 Å². The Morgan fingerprint density at radius 2 is 2.36 bits per heavy atom. The maximum atomic E-state index is 12.2. The predicted molar refractivity (Wildman–Crippen MR) is 38.4 cm³/mol. The molecule has 0 aromatic carbocycles. The van der Waals surface area contributed by atoms with Crippen molar-refractivity contribution in [2.24, 2.45) is 5.16 Å². The number of rotatable bonds is 1. The van der Waals surface area contributed by atoms with Gasteiger partial charge in [0.15, 0.2) is 5.17 Å². The van der Waals surface area contributed by atoms with E-state index in [2.05, 4.69) is 10.1 Å². The second-order valence-corrected chi connectivity index (χ2v) is 2.11. The molecular weight excluding hydrogens is 171 g/mol. The van der Waals surface area contributed by atoms with Crippen molar-refractivity contribution in [3.63, 3.8) is 0 Å². The minimum atomic E-state index is -0.462. The molecule has 1 aromatic heterocycles. The van der Waals surface area contributed by atoms with Crippen LogP contribution in [0.2, 0.25) is 0 Å². The summed E-state index contributed by atoms with van der Waals surface area (Å²) < 4.78 is 12.2.